The number of hydrogen-bond donors (Lipinski definition) is 1. The summed E-state index contributed by atoms with van der Waals surface area (Å²) >= 11 is 6.13. The minimum atomic E-state index is -0.101. The van der Waals surface area contributed by atoms with Crippen molar-refractivity contribution >= 4 is 17.5 Å². The molecule has 0 bridgehead atoms. The van der Waals surface area contributed by atoms with Crippen LogP contribution in [0.1, 0.15) is 43.1 Å². The predicted octanol–water partition coefficient (Wildman–Crippen LogP) is 4.85. The third kappa shape index (κ3) is 5.40. The number of amides is 1. The summed E-state index contributed by atoms with van der Waals surface area (Å²) in [5.41, 5.74) is 1.39. The summed E-state index contributed by atoms with van der Waals surface area (Å²) in [5, 5.41) is 3.51. The predicted molar refractivity (Wildman–Crippen MR) is 101 cm³/mol. The van der Waals surface area contributed by atoms with Gasteiger partial charge in [0.1, 0.15) is 18.1 Å². The molecule has 0 aromatic heterocycles. The highest BCUT2D eigenvalue weighted by molar-refractivity contribution is 6.32. The summed E-state index contributed by atoms with van der Waals surface area (Å²) in [6.07, 6.45) is 0.880. The fourth-order valence-corrected chi connectivity index (χ4v) is 2.45. The average Bonchev–Trinajstić information content (AvgIpc) is 2.62. The minimum Gasteiger partial charge on any atom is -0.493 e. The van der Waals surface area contributed by atoms with Crippen LogP contribution >= 0.6 is 11.6 Å². The van der Waals surface area contributed by atoms with Gasteiger partial charge < -0.3 is 14.8 Å². The molecule has 0 saturated heterocycles. The van der Waals surface area contributed by atoms with Crippen LogP contribution in [-0.2, 0) is 6.61 Å². The topological polar surface area (TPSA) is 47.6 Å². The fraction of sp³-hybridized carbons (Fsp3) is 0.350. The van der Waals surface area contributed by atoms with Gasteiger partial charge in [0.15, 0.2) is 0 Å². The molecular weight excluding hydrogens is 338 g/mol. The molecule has 0 aliphatic rings. The molecule has 134 valence electrons. The van der Waals surface area contributed by atoms with Crippen molar-refractivity contribution < 1.29 is 14.3 Å². The van der Waals surface area contributed by atoms with Crippen LogP contribution in [0.5, 0.6) is 11.5 Å². The highest BCUT2D eigenvalue weighted by atomic mass is 35.5. The van der Waals surface area contributed by atoms with E-state index in [2.05, 4.69) is 5.32 Å². The summed E-state index contributed by atoms with van der Waals surface area (Å²) in [6, 6.07) is 12.8. The third-order valence-corrected chi connectivity index (χ3v) is 4.14. The van der Waals surface area contributed by atoms with Gasteiger partial charge in [-0.25, -0.2) is 0 Å². The van der Waals surface area contributed by atoms with Gasteiger partial charge in [0, 0.05) is 17.2 Å². The summed E-state index contributed by atoms with van der Waals surface area (Å²) in [5.74, 6) is 1.20. The van der Waals surface area contributed by atoms with Gasteiger partial charge in [-0.2, -0.15) is 0 Å². The number of benzene rings is 2. The van der Waals surface area contributed by atoms with Crippen molar-refractivity contribution in [2.24, 2.45) is 0 Å². The van der Waals surface area contributed by atoms with E-state index >= 15 is 0 Å². The van der Waals surface area contributed by atoms with E-state index in [1.54, 1.807) is 24.3 Å². The van der Waals surface area contributed by atoms with Crippen molar-refractivity contribution in [3.63, 3.8) is 0 Å². The highest BCUT2D eigenvalue weighted by Crippen LogP contribution is 2.27. The second-order valence-corrected chi connectivity index (χ2v) is 6.16. The summed E-state index contributed by atoms with van der Waals surface area (Å²) < 4.78 is 11.5. The Morgan fingerprint density at radius 2 is 1.88 bits per heavy atom. The van der Waals surface area contributed by atoms with Gasteiger partial charge in [-0.15, -0.1) is 0 Å². The molecule has 5 heteroatoms. The molecule has 0 fully saturated rings. The molecule has 0 radical (unpaired) electrons. The molecule has 0 unspecified atom stereocenters. The van der Waals surface area contributed by atoms with Crippen molar-refractivity contribution in [1.82, 2.24) is 5.32 Å². The van der Waals surface area contributed by atoms with E-state index in [1.165, 1.54) is 0 Å². The molecule has 1 amide bonds. The standard InChI is InChI=1S/C20H24ClNO3/c1-4-14(3)22-20(23)15-10-11-18(24-5-2)16(12-15)13-25-19-9-7-6-8-17(19)21/h6-12,14H,4-5,13H2,1-3H3,(H,22,23)/t14-/m0/s1. The van der Waals surface area contributed by atoms with Crippen LogP contribution in [0.4, 0.5) is 0 Å². The Morgan fingerprint density at radius 1 is 1.12 bits per heavy atom. The lowest BCUT2D eigenvalue weighted by atomic mass is 10.1. The number of ether oxygens (including phenoxy) is 2. The summed E-state index contributed by atoms with van der Waals surface area (Å²) in [7, 11) is 0. The molecule has 0 aliphatic heterocycles. The van der Waals surface area contributed by atoms with E-state index in [1.807, 2.05) is 39.0 Å². The number of para-hydroxylation sites is 1. The SMILES string of the molecule is CCOc1ccc(C(=O)N[C@@H](C)CC)cc1COc1ccccc1Cl. The zero-order valence-corrected chi connectivity index (χ0v) is 15.6. The van der Waals surface area contributed by atoms with E-state index in [4.69, 9.17) is 21.1 Å². The molecule has 0 spiro atoms. The maximum Gasteiger partial charge on any atom is 0.251 e. The van der Waals surface area contributed by atoms with Crippen LogP contribution in [0.25, 0.3) is 0 Å². The van der Waals surface area contributed by atoms with Crippen molar-refractivity contribution in [2.75, 3.05) is 6.61 Å². The van der Waals surface area contributed by atoms with Gasteiger partial charge in [0.25, 0.3) is 5.91 Å². The number of carbonyl (C=O) groups is 1. The first-order chi connectivity index (χ1) is 12.0. The van der Waals surface area contributed by atoms with E-state index < -0.39 is 0 Å². The van der Waals surface area contributed by atoms with Crippen LogP contribution in [0.2, 0.25) is 5.02 Å². The molecule has 0 aliphatic carbocycles. The number of halogens is 1. The highest BCUT2D eigenvalue weighted by Gasteiger charge is 2.13. The van der Waals surface area contributed by atoms with Crippen molar-refractivity contribution in [3.05, 3.63) is 58.6 Å². The smallest absolute Gasteiger partial charge is 0.251 e. The van der Waals surface area contributed by atoms with Crippen molar-refractivity contribution in [3.8, 4) is 11.5 Å². The molecule has 0 heterocycles. The van der Waals surface area contributed by atoms with E-state index in [0.717, 1.165) is 12.0 Å². The molecule has 2 aromatic carbocycles. The van der Waals surface area contributed by atoms with Gasteiger partial charge in [0.2, 0.25) is 0 Å². The zero-order valence-electron chi connectivity index (χ0n) is 14.8. The van der Waals surface area contributed by atoms with Gasteiger partial charge in [-0.05, 0) is 50.6 Å². The normalized spacial score (nSPS) is 11.7. The molecule has 1 N–H and O–H groups in total. The Hall–Kier alpha value is -2.20. The van der Waals surface area contributed by atoms with E-state index in [9.17, 15) is 4.79 Å². The minimum absolute atomic E-state index is 0.101. The van der Waals surface area contributed by atoms with E-state index in [-0.39, 0.29) is 18.6 Å². The molecular formula is C20H24ClNO3. The van der Waals surface area contributed by atoms with Crippen LogP contribution < -0.4 is 14.8 Å². The van der Waals surface area contributed by atoms with Gasteiger partial charge >= 0.3 is 0 Å². The monoisotopic (exact) mass is 361 g/mol. The Bertz CT molecular complexity index is 718. The quantitative estimate of drug-likeness (QED) is 0.731. The number of rotatable bonds is 8. The molecule has 2 aromatic rings. The summed E-state index contributed by atoms with van der Waals surface area (Å²) in [4.78, 5) is 12.3. The van der Waals surface area contributed by atoms with Crippen LogP contribution in [-0.4, -0.2) is 18.6 Å². The first-order valence-corrected chi connectivity index (χ1v) is 8.86. The third-order valence-electron chi connectivity index (χ3n) is 3.83. The maximum atomic E-state index is 12.3. The van der Waals surface area contributed by atoms with Gasteiger partial charge in [-0.3, -0.25) is 4.79 Å². The largest absolute Gasteiger partial charge is 0.493 e. The Morgan fingerprint density at radius 3 is 2.56 bits per heavy atom. The van der Waals surface area contributed by atoms with E-state index in [0.29, 0.717) is 28.7 Å². The molecule has 0 saturated carbocycles. The number of hydrogen-bond acceptors (Lipinski definition) is 3. The second kappa shape index (κ2) is 9.33. The first-order valence-electron chi connectivity index (χ1n) is 8.49. The van der Waals surface area contributed by atoms with Crippen LogP contribution in [0.15, 0.2) is 42.5 Å². The van der Waals surface area contributed by atoms with Gasteiger partial charge in [-0.1, -0.05) is 30.7 Å². The Kier molecular flexibility index (Phi) is 7.14. The zero-order chi connectivity index (χ0) is 18.2. The number of carbonyl (C=O) groups excluding carboxylic acids is 1. The van der Waals surface area contributed by atoms with Gasteiger partial charge in [0.05, 0.1) is 11.6 Å². The Labute approximate surface area is 154 Å². The lowest BCUT2D eigenvalue weighted by Gasteiger charge is -2.15. The second-order valence-electron chi connectivity index (χ2n) is 5.76. The fourth-order valence-electron chi connectivity index (χ4n) is 2.26. The van der Waals surface area contributed by atoms with Crippen molar-refractivity contribution in [2.45, 2.75) is 39.8 Å². The molecule has 2 rings (SSSR count). The summed E-state index contributed by atoms with van der Waals surface area (Å²) in [6.45, 7) is 6.74. The Balaban J connectivity index is 2.19. The maximum absolute atomic E-state index is 12.3. The number of nitrogens with one attached hydrogen (secondary N) is 1. The van der Waals surface area contributed by atoms with Crippen molar-refractivity contribution in [1.29, 1.82) is 0 Å². The lowest BCUT2D eigenvalue weighted by molar-refractivity contribution is 0.0939. The van der Waals surface area contributed by atoms with Crippen LogP contribution in [0.3, 0.4) is 0 Å². The molecule has 4 nitrogen and oxygen atoms in total. The average molecular weight is 362 g/mol. The molecule has 1 atom stereocenters. The molecule has 25 heavy (non-hydrogen) atoms. The first kappa shape index (κ1) is 19.1. The lowest BCUT2D eigenvalue weighted by Crippen LogP contribution is -2.32. The van der Waals surface area contributed by atoms with Crippen LogP contribution in [0, 0.1) is 0 Å².